The second kappa shape index (κ2) is 6.34. The van der Waals surface area contributed by atoms with E-state index in [0.29, 0.717) is 5.88 Å². The highest BCUT2D eigenvalue weighted by molar-refractivity contribution is 7.99. The first-order valence-corrected chi connectivity index (χ1v) is 7.15. The molecule has 4 nitrogen and oxygen atoms in total. The number of halogens is 3. The van der Waals surface area contributed by atoms with E-state index in [1.165, 1.54) is 18.3 Å². The standard InChI is InChI=1S/C12H13F3N2O2S/c13-12(14,15)7-17-11(18)8-1-2-10(16-5-8)19-9-3-4-20-6-9/h1-2,5,9H,3-4,6-7H2,(H,17,18). The number of amides is 1. The lowest BCUT2D eigenvalue weighted by molar-refractivity contribution is -0.123. The minimum absolute atomic E-state index is 0.0717. The van der Waals surface area contributed by atoms with Gasteiger partial charge in [-0.2, -0.15) is 24.9 Å². The van der Waals surface area contributed by atoms with Crippen molar-refractivity contribution in [1.29, 1.82) is 0 Å². The van der Waals surface area contributed by atoms with Crippen molar-refractivity contribution in [2.24, 2.45) is 0 Å². The Morgan fingerprint density at radius 1 is 1.50 bits per heavy atom. The van der Waals surface area contributed by atoms with Crippen LogP contribution in [0.3, 0.4) is 0 Å². The number of nitrogens with zero attached hydrogens (tertiary/aromatic N) is 1. The number of rotatable bonds is 4. The molecular formula is C12H13F3N2O2S. The number of alkyl halides is 3. The van der Waals surface area contributed by atoms with Crippen LogP contribution in [0.25, 0.3) is 0 Å². The first-order valence-electron chi connectivity index (χ1n) is 5.99. The maximum Gasteiger partial charge on any atom is 0.405 e. The highest BCUT2D eigenvalue weighted by Gasteiger charge is 2.28. The second-order valence-corrected chi connectivity index (χ2v) is 5.44. The number of pyridine rings is 1. The molecule has 0 spiro atoms. The summed E-state index contributed by atoms with van der Waals surface area (Å²) in [6.07, 6.45) is -2.16. The van der Waals surface area contributed by atoms with Crippen molar-refractivity contribution in [3.63, 3.8) is 0 Å². The van der Waals surface area contributed by atoms with Gasteiger partial charge in [-0.1, -0.05) is 0 Å². The van der Waals surface area contributed by atoms with Crippen molar-refractivity contribution < 1.29 is 22.7 Å². The van der Waals surface area contributed by atoms with Gasteiger partial charge in [0.2, 0.25) is 5.88 Å². The number of hydrogen-bond acceptors (Lipinski definition) is 4. The molecule has 1 aromatic rings. The monoisotopic (exact) mass is 306 g/mol. The summed E-state index contributed by atoms with van der Waals surface area (Å²) in [5.74, 6) is 1.51. The molecule has 1 aromatic heterocycles. The summed E-state index contributed by atoms with van der Waals surface area (Å²) in [6.45, 7) is -1.36. The molecule has 0 radical (unpaired) electrons. The Hall–Kier alpha value is -1.44. The van der Waals surface area contributed by atoms with Gasteiger partial charge in [0.1, 0.15) is 12.6 Å². The van der Waals surface area contributed by atoms with E-state index in [9.17, 15) is 18.0 Å². The van der Waals surface area contributed by atoms with Crippen molar-refractivity contribution >= 4 is 17.7 Å². The lowest BCUT2D eigenvalue weighted by atomic mass is 10.2. The van der Waals surface area contributed by atoms with E-state index in [4.69, 9.17) is 4.74 Å². The Morgan fingerprint density at radius 2 is 2.30 bits per heavy atom. The van der Waals surface area contributed by atoms with Crippen molar-refractivity contribution in [1.82, 2.24) is 10.3 Å². The van der Waals surface area contributed by atoms with Crippen LogP contribution in [-0.2, 0) is 0 Å². The summed E-state index contributed by atoms with van der Waals surface area (Å²) < 4.78 is 41.5. The third-order valence-corrected chi connectivity index (χ3v) is 3.76. The molecule has 0 bridgehead atoms. The molecule has 1 atom stereocenters. The molecule has 1 aliphatic heterocycles. The summed E-state index contributed by atoms with van der Waals surface area (Å²) in [5, 5.41) is 1.78. The smallest absolute Gasteiger partial charge is 0.405 e. The number of carbonyl (C=O) groups excluding carboxylic acids is 1. The van der Waals surface area contributed by atoms with Crippen LogP contribution in [0.15, 0.2) is 18.3 Å². The lowest BCUT2D eigenvalue weighted by Crippen LogP contribution is -2.33. The van der Waals surface area contributed by atoms with Gasteiger partial charge in [0.05, 0.1) is 5.56 Å². The fourth-order valence-corrected chi connectivity index (χ4v) is 2.74. The van der Waals surface area contributed by atoms with Crippen LogP contribution in [0.1, 0.15) is 16.8 Å². The number of thioether (sulfide) groups is 1. The van der Waals surface area contributed by atoms with Crippen LogP contribution in [-0.4, -0.2) is 41.2 Å². The first-order chi connectivity index (χ1) is 9.44. The lowest BCUT2D eigenvalue weighted by Gasteiger charge is -2.12. The highest BCUT2D eigenvalue weighted by atomic mass is 32.2. The van der Waals surface area contributed by atoms with E-state index in [2.05, 4.69) is 4.98 Å². The average Bonchev–Trinajstić information content (AvgIpc) is 2.89. The van der Waals surface area contributed by atoms with E-state index in [-0.39, 0.29) is 11.7 Å². The largest absolute Gasteiger partial charge is 0.473 e. The quantitative estimate of drug-likeness (QED) is 0.927. The van der Waals surface area contributed by atoms with Gasteiger partial charge < -0.3 is 10.1 Å². The maximum atomic E-state index is 12.0. The first kappa shape index (κ1) is 15.0. The number of carbonyl (C=O) groups is 1. The molecule has 2 heterocycles. The maximum absolute atomic E-state index is 12.0. The van der Waals surface area contributed by atoms with Crippen LogP contribution in [0, 0.1) is 0 Å². The SMILES string of the molecule is O=C(NCC(F)(F)F)c1ccc(OC2CCSC2)nc1. The van der Waals surface area contributed by atoms with Crippen LogP contribution < -0.4 is 10.1 Å². The molecule has 1 aliphatic rings. The van der Waals surface area contributed by atoms with Crippen LogP contribution in [0.2, 0.25) is 0 Å². The summed E-state index contributed by atoms with van der Waals surface area (Å²) >= 11 is 1.79. The van der Waals surface area contributed by atoms with E-state index >= 15 is 0 Å². The minimum Gasteiger partial charge on any atom is -0.473 e. The Labute approximate surface area is 118 Å². The predicted octanol–water partition coefficient (Wildman–Crippen LogP) is 2.26. The van der Waals surface area contributed by atoms with Crippen molar-refractivity contribution in [3.8, 4) is 5.88 Å². The molecule has 0 saturated carbocycles. The molecule has 1 N–H and O–H groups in total. The minimum atomic E-state index is -4.42. The molecule has 1 saturated heterocycles. The Balaban J connectivity index is 1.88. The zero-order valence-electron chi connectivity index (χ0n) is 10.4. The van der Waals surface area contributed by atoms with Gasteiger partial charge in [-0.25, -0.2) is 4.98 Å². The molecule has 1 fully saturated rings. The van der Waals surface area contributed by atoms with Crippen molar-refractivity contribution in [2.45, 2.75) is 18.7 Å². The third kappa shape index (κ3) is 4.59. The van der Waals surface area contributed by atoms with E-state index in [1.807, 2.05) is 0 Å². The summed E-state index contributed by atoms with van der Waals surface area (Å²) in [4.78, 5) is 15.4. The second-order valence-electron chi connectivity index (χ2n) is 4.29. The normalized spacial score (nSPS) is 18.9. The molecule has 1 unspecified atom stereocenters. The van der Waals surface area contributed by atoms with Gasteiger partial charge in [-0.05, 0) is 18.2 Å². The molecule has 0 aromatic carbocycles. The third-order valence-electron chi connectivity index (χ3n) is 2.62. The molecule has 8 heteroatoms. The van der Waals surface area contributed by atoms with E-state index < -0.39 is 18.6 Å². The fraction of sp³-hybridized carbons (Fsp3) is 0.500. The van der Waals surface area contributed by atoms with Gasteiger partial charge in [0.15, 0.2) is 0 Å². The number of ether oxygens (including phenoxy) is 1. The molecule has 1 amide bonds. The van der Waals surface area contributed by atoms with Gasteiger partial charge in [-0.15, -0.1) is 0 Å². The average molecular weight is 306 g/mol. The van der Waals surface area contributed by atoms with Crippen molar-refractivity contribution in [2.75, 3.05) is 18.1 Å². The Kier molecular flexibility index (Phi) is 4.74. The molecule has 0 aliphatic carbocycles. The molecule has 20 heavy (non-hydrogen) atoms. The summed E-state index contributed by atoms with van der Waals surface area (Å²) in [6, 6.07) is 2.89. The predicted molar refractivity (Wildman–Crippen MR) is 69.0 cm³/mol. The number of aromatic nitrogens is 1. The van der Waals surface area contributed by atoms with Gasteiger partial charge >= 0.3 is 6.18 Å². The van der Waals surface area contributed by atoms with Gasteiger partial charge in [0, 0.05) is 18.0 Å². The zero-order chi connectivity index (χ0) is 14.6. The molecule has 110 valence electrons. The highest BCUT2D eigenvalue weighted by Crippen LogP contribution is 2.22. The van der Waals surface area contributed by atoms with Gasteiger partial charge in [-0.3, -0.25) is 4.79 Å². The molecular weight excluding hydrogens is 293 g/mol. The molecule has 2 rings (SSSR count). The zero-order valence-corrected chi connectivity index (χ0v) is 11.3. The van der Waals surface area contributed by atoms with Crippen LogP contribution in [0.4, 0.5) is 13.2 Å². The van der Waals surface area contributed by atoms with E-state index in [1.54, 1.807) is 17.1 Å². The van der Waals surface area contributed by atoms with Crippen LogP contribution >= 0.6 is 11.8 Å². The topological polar surface area (TPSA) is 51.2 Å². The summed E-state index contributed by atoms with van der Waals surface area (Å²) in [5.41, 5.74) is 0.0717. The number of nitrogens with one attached hydrogen (secondary N) is 1. The summed E-state index contributed by atoms with van der Waals surface area (Å²) in [7, 11) is 0. The van der Waals surface area contributed by atoms with Crippen molar-refractivity contribution in [3.05, 3.63) is 23.9 Å². The Morgan fingerprint density at radius 3 is 2.85 bits per heavy atom. The fourth-order valence-electron chi connectivity index (χ4n) is 1.64. The number of hydrogen-bond donors (Lipinski definition) is 1. The van der Waals surface area contributed by atoms with E-state index in [0.717, 1.165) is 17.9 Å². The van der Waals surface area contributed by atoms with Crippen LogP contribution in [0.5, 0.6) is 5.88 Å². The Bertz CT molecular complexity index is 459. The van der Waals surface area contributed by atoms with Gasteiger partial charge in [0.25, 0.3) is 5.91 Å².